The Kier molecular flexibility index (Phi) is 1.68. The third-order valence-electron chi connectivity index (χ3n) is 1.91. The van der Waals surface area contributed by atoms with E-state index < -0.39 is 0 Å². The highest BCUT2D eigenvalue weighted by molar-refractivity contribution is 9.10. The van der Waals surface area contributed by atoms with Gasteiger partial charge in [-0.1, -0.05) is 15.9 Å². The van der Waals surface area contributed by atoms with Crippen molar-refractivity contribution in [3.8, 4) is 0 Å². The first-order chi connectivity index (χ1) is 5.68. The number of halogens is 1. The van der Waals surface area contributed by atoms with Gasteiger partial charge in [0.15, 0.2) is 0 Å². The fourth-order valence-corrected chi connectivity index (χ4v) is 2.01. The van der Waals surface area contributed by atoms with Crippen molar-refractivity contribution in [2.24, 2.45) is 0 Å². The number of carbonyl (C=O) groups excluding carboxylic acids is 1. The van der Waals surface area contributed by atoms with Gasteiger partial charge >= 0.3 is 5.97 Å². The summed E-state index contributed by atoms with van der Waals surface area (Å²) in [5, 5.41) is 0. The highest BCUT2D eigenvalue weighted by atomic mass is 79.9. The fourth-order valence-electron chi connectivity index (χ4n) is 1.32. The maximum Gasteiger partial charge on any atom is 0.338 e. The molecule has 1 aromatic carbocycles. The molecule has 0 atom stereocenters. The number of rotatable bonds is 0. The lowest BCUT2D eigenvalue weighted by molar-refractivity contribution is 0.0535. The summed E-state index contributed by atoms with van der Waals surface area (Å²) < 4.78 is 5.85. The molecular formula is C9H7BrO2. The Morgan fingerprint density at radius 3 is 3.00 bits per heavy atom. The van der Waals surface area contributed by atoms with Crippen LogP contribution in [0.1, 0.15) is 21.5 Å². The Balaban J connectivity index is 2.68. The predicted molar refractivity (Wildman–Crippen MR) is 48.0 cm³/mol. The minimum absolute atomic E-state index is 0.214. The van der Waals surface area contributed by atoms with E-state index in [4.69, 9.17) is 4.74 Å². The molecule has 2 nitrogen and oxygen atoms in total. The van der Waals surface area contributed by atoms with Crippen LogP contribution in [0.3, 0.4) is 0 Å². The van der Waals surface area contributed by atoms with E-state index in [9.17, 15) is 4.79 Å². The van der Waals surface area contributed by atoms with Gasteiger partial charge in [0.05, 0.1) is 5.56 Å². The molecule has 12 heavy (non-hydrogen) atoms. The van der Waals surface area contributed by atoms with Crippen LogP contribution in [-0.2, 0) is 11.3 Å². The van der Waals surface area contributed by atoms with Crippen LogP contribution >= 0.6 is 15.9 Å². The van der Waals surface area contributed by atoms with Crippen LogP contribution in [-0.4, -0.2) is 5.97 Å². The van der Waals surface area contributed by atoms with Gasteiger partial charge in [0, 0.05) is 10.0 Å². The highest BCUT2D eigenvalue weighted by Gasteiger charge is 2.23. The summed E-state index contributed by atoms with van der Waals surface area (Å²) in [6, 6.07) is 3.84. The molecule has 0 aromatic heterocycles. The number of ether oxygens (including phenoxy) is 1. The molecule has 2 rings (SSSR count). The number of esters is 1. The van der Waals surface area contributed by atoms with Gasteiger partial charge in [-0.15, -0.1) is 0 Å². The lowest BCUT2D eigenvalue weighted by Crippen LogP contribution is -1.94. The van der Waals surface area contributed by atoms with E-state index in [1.54, 1.807) is 0 Å². The van der Waals surface area contributed by atoms with E-state index in [-0.39, 0.29) is 5.97 Å². The first kappa shape index (κ1) is 7.80. The third-order valence-corrected chi connectivity index (χ3v) is 2.61. The summed E-state index contributed by atoms with van der Waals surface area (Å²) in [7, 11) is 0. The average molecular weight is 227 g/mol. The van der Waals surface area contributed by atoms with Crippen LogP contribution < -0.4 is 0 Å². The molecule has 0 spiro atoms. The quantitative estimate of drug-likeness (QED) is 0.636. The minimum Gasteiger partial charge on any atom is -0.457 e. The van der Waals surface area contributed by atoms with E-state index in [0.717, 1.165) is 15.6 Å². The van der Waals surface area contributed by atoms with Crippen molar-refractivity contribution in [1.29, 1.82) is 0 Å². The molecular weight excluding hydrogens is 220 g/mol. The monoisotopic (exact) mass is 226 g/mol. The molecule has 0 radical (unpaired) electrons. The average Bonchev–Trinajstić information content (AvgIpc) is 2.33. The lowest BCUT2D eigenvalue weighted by atomic mass is 10.1. The summed E-state index contributed by atoms with van der Waals surface area (Å²) in [5.74, 6) is -0.214. The zero-order valence-corrected chi connectivity index (χ0v) is 8.14. The van der Waals surface area contributed by atoms with Crippen molar-refractivity contribution >= 4 is 21.9 Å². The molecule has 1 heterocycles. The zero-order chi connectivity index (χ0) is 8.72. The Bertz CT molecular complexity index is 358. The van der Waals surface area contributed by atoms with Crippen molar-refractivity contribution in [1.82, 2.24) is 0 Å². The van der Waals surface area contributed by atoms with Crippen LogP contribution in [0.25, 0.3) is 0 Å². The molecule has 3 heteroatoms. The number of benzene rings is 1. The zero-order valence-electron chi connectivity index (χ0n) is 6.56. The maximum atomic E-state index is 11.1. The highest BCUT2D eigenvalue weighted by Crippen LogP contribution is 2.28. The van der Waals surface area contributed by atoms with Gasteiger partial charge in [0.25, 0.3) is 0 Å². The summed E-state index contributed by atoms with van der Waals surface area (Å²) in [6.45, 7) is 2.35. The molecule has 1 aliphatic heterocycles. The number of hydrogen-bond acceptors (Lipinski definition) is 2. The van der Waals surface area contributed by atoms with Crippen molar-refractivity contribution < 1.29 is 9.53 Å². The normalized spacial score (nSPS) is 14.3. The lowest BCUT2D eigenvalue weighted by Gasteiger charge is -1.99. The van der Waals surface area contributed by atoms with Crippen LogP contribution in [0.2, 0.25) is 0 Å². The van der Waals surface area contributed by atoms with Gasteiger partial charge in [-0.3, -0.25) is 0 Å². The summed E-state index contributed by atoms with van der Waals surface area (Å²) in [4.78, 5) is 11.1. The molecule has 1 aliphatic rings. The van der Waals surface area contributed by atoms with Crippen molar-refractivity contribution in [3.63, 3.8) is 0 Å². The van der Waals surface area contributed by atoms with E-state index in [1.165, 1.54) is 0 Å². The number of fused-ring (bicyclic) bond motifs is 1. The standard InChI is InChI=1S/C9H7BrO2/c1-5-2-6-7(8(10)3-5)4-12-9(6)11/h2-3H,4H2,1H3. The van der Waals surface area contributed by atoms with Crippen molar-refractivity contribution in [2.45, 2.75) is 13.5 Å². The first-order valence-electron chi connectivity index (χ1n) is 3.64. The molecule has 62 valence electrons. The van der Waals surface area contributed by atoms with Crippen molar-refractivity contribution in [2.75, 3.05) is 0 Å². The van der Waals surface area contributed by atoms with Gasteiger partial charge in [-0.25, -0.2) is 4.79 Å². The molecule has 0 saturated carbocycles. The van der Waals surface area contributed by atoms with Crippen LogP contribution in [0.5, 0.6) is 0 Å². The number of aryl methyl sites for hydroxylation is 1. The molecule has 0 aliphatic carbocycles. The third kappa shape index (κ3) is 1.05. The van der Waals surface area contributed by atoms with E-state index in [1.807, 2.05) is 19.1 Å². The largest absolute Gasteiger partial charge is 0.457 e. The number of carbonyl (C=O) groups is 1. The molecule has 0 N–H and O–H groups in total. The van der Waals surface area contributed by atoms with E-state index >= 15 is 0 Å². The maximum absolute atomic E-state index is 11.1. The van der Waals surface area contributed by atoms with Crippen LogP contribution in [0.4, 0.5) is 0 Å². The minimum atomic E-state index is -0.214. The smallest absolute Gasteiger partial charge is 0.338 e. The van der Waals surface area contributed by atoms with Gasteiger partial charge < -0.3 is 4.74 Å². The second kappa shape index (κ2) is 2.59. The SMILES string of the molecule is Cc1cc(Br)c2c(c1)C(=O)OC2. The second-order valence-corrected chi connectivity index (χ2v) is 3.70. The summed E-state index contributed by atoms with van der Waals surface area (Å²) >= 11 is 3.39. The van der Waals surface area contributed by atoms with Gasteiger partial charge in [0.1, 0.15) is 6.61 Å². The molecule has 0 unspecified atom stereocenters. The molecule has 0 saturated heterocycles. The Morgan fingerprint density at radius 2 is 2.25 bits per heavy atom. The molecule has 0 fully saturated rings. The number of cyclic esters (lactones) is 1. The van der Waals surface area contributed by atoms with Gasteiger partial charge in [-0.05, 0) is 24.6 Å². The Labute approximate surface area is 78.7 Å². The summed E-state index contributed by atoms with van der Waals surface area (Å²) in [5.41, 5.74) is 2.73. The Morgan fingerprint density at radius 1 is 1.50 bits per heavy atom. The van der Waals surface area contributed by atoms with E-state index in [0.29, 0.717) is 12.2 Å². The van der Waals surface area contributed by atoms with Crippen LogP contribution in [0, 0.1) is 6.92 Å². The molecule has 0 bridgehead atoms. The number of hydrogen-bond donors (Lipinski definition) is 0. The topological polar surface area (TPSA) is 26.3 Å². The Hall–Kier alpha value is -0.830. The predicted octanol–water partition coefficient (Wildman–Crippen LogP) is 2.43. The van der Waals surface area contributed by atoms with E-state index in [2.05, 4.69) is 15.9 Å². The molecule has 0 amide bonds. The first-order valence-corrected chi connectivity index (χ1v) is 4.44. The molecule has 1 aromatic rings. The summed E-state index contributed by atoms with van der Waals surface area (Å²) in [6.07, 6.45) is 0. The second-order valence-electron chi connectivity index (χ2n) is 2.85. The van der Waals surface area contributed by atoms with Gasteiger partial charge in [-0.2, -0.15) is 0 Å². The van der Waals surface area contributed by atoms with Gasteiger partial charge in [0.2, 0.25) is 0 Å². The van der Waals surface area contributed by atoms with Crippen molar-refractivity contribution in [3.05, 3.63) is 33.3 Å². The fraction of sp³-hybridized carbons (Fsp3) is 0.222. The van der Waals surface area contributed by atoms with Crippen LogP contribution in [0.15, 0.2) is 16.6 Å².